The Morgan fingerprint density at radius 2 is 1.75 bits per heavy atom. The fourth-order valence-electron chi connectivity index (χ4n) is 9.38. The van der Waals surface area contributed by atoms with Gasteiger partial charge in [-0.15, -0.1) is 0 Å². The van der Waals surface area contributed by atoms with Crippen molar-refractivity contribution < 1.29 is 19.5 Å². The van der Waals surface area contributed by atoms with Crippen LogP contribution in [0.5, 0.6) is 5.75 Å². The standard InChI is InChI=1S/C34H50NO5/c1-4-5-6-7-8-9-10-24-12-18-30-29-17-11-25-23-28(19-21-34(25,3)31(29)20-22-33(24,30)2)40-32(36)39-27-15-13-26(14-16-27)35(37)38/h11,13-16,24,28-31,37H,4-10,12,17-23H2,1-3H3/q-1/t24-,28+,29+,30-,31-,33-,34+/m1/s1. The highest BCUT2D eigenvalue weighted by atomic mass is 16.8. The average molecular weight is 553 g/mol. The van der Waals surface area contributed by atoms with Crippen LogP contribution in [0, 0.1) is 39.7 Å². The van der Waals surface area contributed by atoms with Gasteiger partial charge in [-0.25, -0.2) is 4.79 Å². The molecule has 0 saturated heterocycles. The van der Waals surface area contributed by atoms with Crippen LogP contribution < -0.4 is 9.96 Å². The number of allylic oxidation sites excluding steroid dienone is 1. The normalized spacial score (nSPS) is 34.7. The zero-order valence-electron chi connectivity index (χ0n) is 24.9. The summed E-state index contributed by atoms with van der Waals surface area (Å²) in [5.41, 5.74) is 2.31. The summed E-state index contributed by atoms with van der Waals surface area (Å²) in [5, 5.41) is 19.7. The van der Waals surface area contributed by atoms with Crippen molar-refractivity contribution in [3.8, 4) is 5.75 Å². The van der Waals surface area contributed by atoms with E-state index in [9.17, 15) is 10.0 Å². The zero-order chi connectivity index (χ0) is 28.3. The second-order valence-corrected chi connectivity index (χ2v) is 13.7. The minimum atomic E-state index is -0.714. The number of anilines is 1. The van der Waals surface area contributed by atoms with Crippen LogP contribution in [0.2, 0.25) is 0 Å². The number of hydrogen-bond acceptors (Lipinski definition) is 6. The minimum Gasteiger partial charge on any atom is -0.733 e. The SMILES string of the molecule is CCCCCCCC[C@@H]1CC[C@@H]2[C@@H]3CC=C4C[C@@H](OC(=O)Oc5ccc(N([O-])O)cc5)CC[C@]4(C)[C@@H]3CC[C@]12C. The molecule has 4 aliphatic carbocycles. The Bertz CT molecular complexity index is 1040. The highest BCUT2D eigenvalue weighted by Crippen LogP contribution is 2.66. The molecule has 5 rings (SSSR count). The molecule has 222 valence electrons. The van der Waals surface area contributed by atoms with Crippen molar-refractivity contribution in [3.63, 3.8) is 0 Å². The molecule has 0 bridgehead atoms. The highest BCUT2D eigenvalue weighted by molar-refractivity contribution is 5.64. The van der Waals surface area contributed by atoms with Crippen LogP contribution in [0.25, 0.3) is 0 Å². The van der Waals surface area contributed by atoms with Gasteiger partial charge in [0.05, 0.1) is 5.69 Å². The molecule has 6 heteroatoms. The van der Waals surface area contributed by atoms with Crippen molar-refractivity contribution in [2.75, 3.05) is 5.23 Å². The van der Waals surface area contributed by atoms with E-state index in [1.807, 2.05) is 0 Å². The van der Waals surface area contributed by atoms with Gasteiger partial charge in [0.25, 0.3) is 0 Å². The molecule has 0 aromatic heterocycles. The summed E-state index contributed by atoms with van der Waals surface area (Å²) in [5.74, 6) is 3.61. The molecule has 0 aliphatic heterocycles. The molecular weight excluding hydrogens is 502 g/mol. The van der Waals surface area contributed by atoms with E-state index in [-0.39, 0.29) is 28.2 Å². The van der Waals surface area contributed by atoms with E-state index in [1.165, 1.54) is 107 Å². The summed E-state index contributed by atoms with van der Waals surface area (Å²) >= 11 is 0. The van der Waals surface area contributed by atoms with E-state index in [2.05, 4.69) is 26.8 Å². The smallest absolute Gasteiger partial charge is 0.514 e. The molecular formula is C34H50NO5-. The highest BCUT2D eigenvalue weighted by Gasteiger charge is 2.58. The summed E-state index contributed by atoms with van der Waals surface area (Å²) < 4.78 is 11.1. The van der Waals surface area contributed by atoms with E-state index in [4.69, 9.17) is 14.7 Å². The summed E-state index contributed by atoms with van der Waals surface area (Å²) in [6, 6.07) is 5.72. The lowest BCUT2D eigenvalue weighted by Crippen LogP contribution is -2.50. The topological polar surface area (TPSA) is 82.1 Å². The lowest BCUT2D eigenvalue weighted by atomic mass is 9.47. The summed E-state index contributed by atoms with van der Waals surface area (Å²) in [6.07, 6.45) is 20.9. The Morgan fingerprint density at radius 3 is 2.50 bits per heavy atom. The Kier molecular flexibility index (Phi) is 9.16. The Morgan fingerprint density at radius 1 is 1.00 bits per heavy atom. The van der Waals surface area contributed by atoms with Crippen molar-refractivity contribution in [3.05, 3.63) is 41.1 Å². The summed E-state index contributed by atoms with van der Waals surface area (Å²) in [4.78, 5) is 12.5. The van der Waals surface area contributed by atoms with Crippen molar-refractivity contribution in [1.82, 2.24) is 0 Å². The van der Waals surface area contributed by atoms with E-state index >= 15 is 0 Å². The number of carbonyl (C=O) groups is 1. The Labute approximate surface area is 241 Å². The summed E-state index contributed by atoms with van der Waals surface area (Å²) in [6.45, 7) is 7.44. The lowest BCUT2D eigenvalue weighted by Gasteiger charge is -2.58. The van der Waals surface area contributed by atoms with Crippen LogP contribution in [0.3, 0.4) is 0 Å². The predicted molar refractivity (Wildman–Crippen MR) is 158 cm³/mol. The monoisotopic (exact) mass is 552 g/mol. The third-order valence-corrected chi connectivity index (χ3v) is 11.7. The number of rotatable bonds is 10. The van der Waals surface area contributed by atoms with Crippen LogP contribution >= 0.6 is 0 Å². The van der Waals surface area contributed by atoms with Gasteiger partial charge in [0, 0.05) is 6.42 Å². The first-order valence-electron chi connectivity index (χ1n) is 16.1. The van der Waals surface area contributed by atoms with E-state index in [0.29, 0.717) is 5.41 Å². The Balaban J connectivity index is 1.16. The summed E-state index contributed by atoms with van der Waals surface area (Å²) in [7, 11) is 0. The van der Waals surface area contributed by atoms with Gasteiger partial charge in [0.15, 0.2) is 0 Å². The van der Waals surface area contributed by atoms with Crippen molar-refractivity contribution in [2.24, 2.45) is 34.5 Å². The molecule has 6 nitrogen and oxygen atoms in total. The van der Waals surface area contributed by atoms with Gasteiger partial charge in [-0.2, -0.15) is 0 Å². The van der Waals surface area contributed by atoms with E-state index in [1.54, 1.807) is 0 Å². The number of benzene rings is 1. The first-order valence-corrected chi connectivity index (χ1v) is 16.1. The maximum atomic E-state index is 12.5. The van der Waals surface area contributed by atoms with E-state index < -0.39 is 6.16 Å². The lowest BCUT2D eigenvalue weighted by molar-refractivity contribution is -0.0538. The molecule has 3 fully saturated rings. The predicted octanol–water partition coefficient (Wildman–Crippen LogP) is 9.59. The molecule has 0 heterocycles. The number of hydrogen-bond donors (Lipinski definition) is 1. The number of carbonyl (C=O) groups excluding carboxylic acids is 1. The van der Waals surface area contributed by atoms with Gasteiger partial charge < -0.3 is 19.9 Å². The number of ether oxygens (including phenoxy) is 2. The van der Waals surface area contributed by atoms with Crippen LogP contribution in [0.15, 0.2) is 35.9 Å². The fourth-order valence-corrected chi connectivity index (χ4v) is 9.38. The molecule has 40 heavy (non-hydrogen) atoms. The molecule has 1 aromatic rings. The van der Waals surface area contributed by atoms with Crippen molar-refractivity contribution in [1.29, 1.82) is 0 Å². The zero-order valence-corrected chi connectivity index (χ0v) is 24.9. The maximum absolute atomic E-state index is 12.5. The molecule has 3 saturated carbocycles. The first-order chi connectivity index (χ1) is 19.2. The molecule has 1 N–H and O–H groups in total. The molecule has 0 radical (unpaired) electrons. The van der Waals surface area contributed by atoms with Gasteiger partial charge >= 0.3 is 6.16 Å². The number of nitrogens with zero attached hydrogens (tertiary/aromatic N) is 1. The third kappa shape index (κ3) is 5.94. The largest absolute Gasteiger partial charge is 0.733 e. The molecule has 7 atom stereocenters. The van der Waals surface area contributed by atoms with Crippen LogP contribution in [0.4, 0.5) is 10.5 Å². The molecule has 0 spiro atoms. The van der Waals surface area contributed by atoms with E-state index in [0.717, 1.165) is 42.9 Å². The van der Waals surface area contributed by atoms with Crippen LogP contribution in [0.1, 0.15) is 117 Å². The average Bonchev–Trinajstić information content (AvgIpc) is 3.27. The van der Waals surface area contributed by atoms with Gasteiger partial charge in [0.2, 0.25) is 0 Å². The number of unbranched alkanes of at least 4 members (excludes halogenated alkanes) is 5. The van der Waals surface area contributed by atoms with Gasteiger partial charge in [-0.1, -0.05) is 70.9 Å². The van der Waals surface area contributed by atoms with Crippen molar-refractivity contribution >= 4 is 11.8 Å². The Hall–Kier alpha value is -2.05. The second-order valence-electron chi connectivity index (χ2n) is 13.7. The fraction of sp³-hybridized carbons (Fsp3) is 0.735. The maximum Gasteiger partial charge on any atom is 0.514 e. The molecule has 4 aliphatic rings. The van der Waals surface area contributed by atoms with Gasteiger partial charge in [-0.05, 0) is 110 Å². The number of fused-ring (bicyclic) bond motifs is 5. The molecule has 0 amide bonds. The van der Waals surface area contributed by atoms with Gasteiger partial charge in [-0.3, -0.25) is 5.21 Å². The van der Waals surface area contributed by atoms with Crippen LogP contribution in [-0.2, 0) is 4.74 Å². The quantitative estimate of drug-likeness (QED) is 0.102. The molecule has 0 unspecified atom stereocenters. The third-order valence-electron chi connectivity index (χ3n) is 11.7. The minimum absolute atomic E-state index is 0.0729. The van der Waals surface area contributed by atoms with Gasteiger partial charge in [0.1, 0.15) is 11.9 Å². The second kappa shape index (κ2) is 12.4. The first kappa shape index (κ1) is 29.4. The van der Waals surface area contributed by atoms with Crippen LogP contribution in [-0.4, -0.2) is 17.5 Å². The molecule has 1 aromatic carbocycles. The van der Waals surface area contributed by atoms with Crippen molar-refractivity contribution in [2.45, 2.75) is 123 Å².